The molecule has 0 aliphatic carbocycles. The van der Waals surface area contributed by atoms with E-state index in [9.17, 15) is 44.4 Å². The normalized spacial score (nSPS) is 16.2. The van der Waals surface area contributed by atoms with Gasteiger partial charge in [-0.05, 0) is 162 Å². The van der Waals surface area contributed by atoms with Gasteiger partial charge in [-0.2, -0.15) is 9.44 Å². The Balaban J connectivity index is 0.000000341. The number of hydrogen-bond acceptors (Lipinski definition) is 15. The Labute approximate surface area is 560 Å². The summed E-state index contributed by atoms with van der Waals surface area (Å²) in [6.07, 6.45) is 3.23. The van der Waals surface area contributed by atoms with Crippen LogP contribution in [0.15, 0.2) is 110 Å². The van der Waals surface area contributed by atoms with Crippen molar-refractivity contribution in [2.45, 2.75) is 139 Å². The first-order valence-corrected chi connectivity index (χ1v) is 33.7. The van der Waals surface area contributed by atoms with Crippen molar-refractivity contribution in [2.75, 3.05) is 52.5 Å². The standard InChI is InChI=1S/C37H49N5O8S2.C24H33N5O5S.K.H/c1-7-49-35(44)27-16-19-42(20-17-27)34(43)31(40-51(45,46)29-15-14-26-11-8-9-12-28(26)21-29)13-10-18-39-36(38)41-52(47,48)33-24(3)23(2)32-30(25(33)4)22-37(5,6)50-32;1-2-34-23(31)18-11-14-29(15-12-18)22(30)21(8-5-13-27-24(25)26)28-35(32,33)20-10-9-17-6-3-4-7-19(17)16-20;;/h8-9,11-12,14-15,21,27,31,40H,7,10,13,16-20,22H2,1-6H3,(H3,38,39,41);3-4,6-7,9-10,16,18,21,28H,2,5,8,11-15H2,1H3,(H4,25,26,27);;/q;;+1;-1/t31-;21-;;/m00../s1. The first-order valence-electron chi connectivity index (χ1n) is 29.3. The number of guanidine groups is 2. The van der Waals surface area contributed by atoms with Crippen LogP contribution in [0.5, 0.6) is 5.75 Å². The van der Waals surface area contributed by atoms with Crippen molar-refractivity contribution < 1.29 is 111 Å². The average Bonchev–Trinajstić information content (AvgIpc) is 1.70. The SMILES string of the molecule is CCOC(=O)C1CCN(C(=O)[C@H](CCCN=C(N)N)NS(=O)(=O)c2ccc3ccccc3c2)CC1.CCOC(=O)C1CCN(C(=O)[C@H](CCCN=C(N)NS(=O)(=O)c2c(C)c(C)c3c(c2C)CC(C)(C)O3)NS(=O)(=O)c2ccc3ccccc3c2)CC1.[H-].[K+]. The molecule has 5 aromatic carbocycles. The number of carbonyl (C=O) groups excluding carboxylic acids is 4. The molecule has 27 heteroatoms. The molecule has 0 radical (unpaired) electrons. The number of carbonyl (C=O) groups is 4. The van der Waals surface area contributed by atoms with E-state index in [0.717, 1.165) is 32.7 Å². The van der Waals surface area contributed by atoms with Gasteiger partial charge in [0.05, 0.1) is 39.7 Å². The van der Waals surface area contributed by atoms with Crippen LogP contribution < -0.4 is 87.5 Å². The fourth-order valence-electron chi connectivity index (χ4n) is 11.1. The maximum Gasteiger partial charge on any atom is 1.00 e. The first-order chi connectivity index (χ1) is 41.1. The van der Waals surface area contributed by atoms with E-state index < -0.39 is 53.7 Å². The summed E-state index contributed by atoms with van der Waals surface area (Å²) in [5, 5.41) is 3.31. The molecular formula is C61H83KN10O13S3. The molecule has 2 saturated heterocycles. The molecule has 0 unspecified atom stereocenters. The monoisotopic (exact) mass is 1300 g/mol. The molecule has 3 aliphatic rings. The van der Waals surface area contributed by atoms with Crippen LogP contribution >= 0.6 is 0 Å². The molecule has 3 heterocycles. The van der Waals surface area contributed by atoms with Crippen LogP contribution in [0.2, 0.25) is 0 Å². The maximum absolute atomic E-state index is 13.8. The van der Waals surface area contributed by atoms with Crippen molar-refractivity contribution >= 4 is 87.3 Å². The van der Waals surface area contributed by atoms with Gasteiger partial charge < -0.3 is 42.6 Å². The minimum absolute atomic E-state index is 0. The molecule has 0 saturated carbocycles. The first kappa shape index (κ1) is 71.3. The van der Waals surface area contributed by atoms with Crippen LogP contribution in [-0.2, 0) is 65.1 Å². The van der Waals surface area contributed by atoms with Crippen LogP contribution in [0.4, 0.5) is 0 Å². The van der Waals surface area contributed by atoms with Gasteiger partial charge in [-0.1, -0.05) is 60.7 Å². The van der Waals surface area contributed by atoms with Crippen LogP contribution in [-0.4, -0.2) is 141 Å². The maximum atomic E-state index is 13.8. The van der Waals surface area contributed by atoms with Crippen molar-refractivity contribution in [3.8, 4) is 5.75 Å². The van der Waals surface area contributed by atoms with E-state index in [2.05, 4.69) is 24.2 Å². The molecule has 0 aromatic heterocycles. The molecule has 2 amide bonds. The molecular weight excluding hydrogens is 1220 g/mol. The smallest absolute Gasteiger partial charge is 1.00 e. The van der Waals surface area contributed by atoms with Gasteiger partial charge in [-0.3, -0.25) is 29.2 Å². The predicted octanol–water partition coefficient (Wildman–Crippen LogP) is 2.46. The van der Waals surface area contributed by atoms with Gasteiger partial charge in [0.25, 0.3) is 10.0 Å². The number of piperidine rings is 2. The predicted molar refractivity (Wildman–Crippen MR) is 334 cm³/mol. The molecule has 2 fully saturated rings. The third-order valence-electron chi connectivity index (χ3n) is 15.8. The Morgan fingerprint density at radius 2 is 1.05 bits per heavy atom. The second-order valence-corrected chi connectivity index (χ2v) is 27.6. The number of ether oxygens (including phenoxy) is 3. The van der Waals surface area contributed by atoms with E-state index in [4.69, 9.17) is 31.4 Å². The van der Waals surface area contributed by atoms with Gasteiger partial charge in [0.2, 0.25) is 37.8 Å². The molecule has 2 atom stereocenters. The number of nitrogens with two attached hydrogens (primary N) is 3. The van der Waals surface area contributed by atoms with Crippen LogP contribution in [0.3, 0.4) is 0 Å². The van der Waals surface area contributed by atoms with Gasteiger partial charge in [0, 0.05) is 51.3 Å². The topological polar surface area (TPSA) is 344 Å². The van der Waals surface area contributed by atoms with E-state index in [1.807, 2.05) is 69.3 Å². The van der Waals surface area contributed by atoms with Gasteiger partial charge in [0.15, 0.2) is 5.96 Å². The van der Waals surface area contributed by atoms with Gasteiger partial charge in [0.1, 0.15) is 23.4 Å². The molecule has 0 spiro atoms. The number of fused-ring (bicyclic) bond motifs is 3. The summed E-state index contributed by atoms with van der Waals surface area (Å²) < 4.78 is 105. The zero-order chi connectivity index (χ0) is 63.4. The summed E-state index contributed by atoms with van der Waals surface area (Å²) in [7, 11) is -12.2. The largest absolute Gasteiger partial charge is 1.00 e. The van der Waals surface area contributed by atoms with Gasteiger partial charge in [-0.25, -0.2) is 30.0 Å². The summed E-state index contributed by atoms with van der Waals surface area (Å²) in [6.45, 7) is 14.8. The number of nitrogens with zero attached hydrogens (tertiary/aromatic N) is 4. The summed E-state index contributed by atoms with van der Waals surface area (Å²) in [5.74, 6) is -1.57. The Hall–Kier alpha value is -5.75. The number of sulfonamides is 3. The number of esters is 2. The second-order valence-electron chi connectivity index (χ2n) is 22.6. The minimum Gasteiger partial charge on any atom is -1.00 e. The van der Waals surface area contributed by atoms with Gasteiger partial charge >= 0.3 is 63.3 Å². The molecule has 474 valence electrons. The minimum atomic E-state index is -4.13. The fourth-order valence-corrected chi connectivity index (χ4v) is 15.2. The van der Waals surface area contributed by atoms with Crippen LogP contribution in [0, 0.1) is 32.6 Å². The van der Waals surface area contributed by atoms with Crippen molar-refractivity contribution in [3.05, 3.63) is 107 Å². The summed E-state index contributed by atoms with van der Waals surface area (Å²) in [4.78, 5) is 63.0. The average molecular weight is 1300 g/mol. The van der Waals surface area contributed by atoms with Crippen molar-refractivity contribution in [2.24, 2.45) is 39.0 Å². The molecule has 0 bridgehead atoms. The third-order valence-corrected chi connectivity index (χ3v) is 20.4. The van der Waals surface area contributed by atoms with Crippen molar-refractivity contribution in [1.82, 2.24) is 24.0 Å². The van der Waals surface area contributed by atoms with Crippen molar-refractivity contribution in [3.63, 3.8) is 0 Å². The molecule has 9 N–H and O–H groups in total. The zero-order valence-corrected chi connectivity index (χ0v) is 57.0. The zero-order valence-electron chi connectivity index (χ0n) is 52.5. The van der Waals surface area contributed by atoms with E-state index in [1.165, 1.54) is 12.1 Å². The number of rotatable bonds is 22. The quantitative estimate of drug-likeness (QED) is 0.0191. The van der Waals surface area contributed by atoms with Crippen LogP contribution in [0.25, 0.3) is 21.5 Å². The number of amides is 2. The Bertz CT molecular complexity index is 3760. The van der Waals surface area contributed by atoms with E-state index in [-0.39, 0.29) is 161 Å². The molecule has 23 nitrogen and oxygen atoms in total. The number of hydrogen-bond donors (Lipinski definition) is 6. The summed E-state index contributed by atoms with van der Waals surface area (Å²) in [6, 6.07) is 22.3. The van der Waals surface area contributed by atoms with Crippen molar-refractivity contribution in [1.29, 1.82) is 0 Å². The second kappa shape index (κ2) is 31.3. The number of nitrogens with one attached hydrogen (secondary N) is 3. The van der Waals surface area contributed by atoms with Gasteiger partial charge in [-0.15, -0.1) is 0 Å². The molecule has 5 aromatic rings. The molecule has 88 heavy (non-hydrogen) atoms. The van der Waals surface area contributed by atoms with E-state index >= 15 is 0 Å². The number of aliphatic imine (C=N–C) groups is 2. The Morgan fingerprint density at radius 1 is 0.625 bits per heavy atom. The third kappa shape index (κ3) is 18.5. The van der Waals surface area contributed by atoms with E-state index in [1.54, 1.807) is 61.8 Å². The number of likely N-dealkylation sites (tertiary alicyclic amines) is 2. The molecule has 3 aliphatic heterocycles. The van der Waals surface area contributed by atoms with E-state index in [0.29, 0.717) is 75.1 Å². The Kier molecular flexibility index (Phi) is 25.4. The van der Waals surface area contributed by atoms with Crippen LogP contribution in [0.1, 0.15) is 103 Å². The summed E-state index contributed by atoms with van der Waals surface area (Å²) >= 11 is 0. The fraction of sp³-hybridized carbons (Fsp3) is 0.475. The summed E-state index contributed by atoms with van der Waals surface area (Å²) in [5.41, 5.74) is 19.1. The Morgan fingerprint density at radius 3 is 1.47 bits per heavy atom. The molecule has 8 rings (SSSR count). The number of benzene rings is 5.